The molecule has 0 saturated carbocycles. The highest BCUT2D eigenvalue weighted by Crippen LogP contribution is 2.15. The van der Waals surface area contributed by atoms with Crippen LogP contribution in [-0.4, -0.2) is 31.1 Å². The zero-order valence-corrected chi connectivity index (χ0v) is 8.47. The van der Waals surface area contributed by atoms with Crippen molar-refractivity contribution < 1.29 is 14.3 Å². The lowest BCUT2D eigenvalue weighted by Gasteiger charge is -1.97. The average Bonchev–Trinajstić information content (AvgIpc) is 2.65. The summed E-state index contributed by atoms with van der Waals surface area (Å²) in [6.45, 7) is 0. The first-order valence-corrected chi connectivity index (χ1v) is 4.58. The number of thiazole rings is 1. The van der Waals surface area contributed by atoms with E-state index in [1.54, 1.807) is 0 Å². The van der Waals surface area contributed by atoms with Gasteiger partial charge in [0.2, 0.25) is 0 Å². The molecule has 0 unspecified atom stereocenters. The maximum Gasteiger partial charge on any atom is 0.357 e. The number of methoxy groups -OCH3 is 1. The van der Waals surface area contributed by atoms with Crippen LogP contribution >= 0.6 is 11.3 Å². The molecule has 1 heterocycles. The lowest BCUT2D eigenvalue weighted by Crippen LogP contribution is -2.24. The molecular formula is C7H9N3O3S. The first-order chi connectivity index (χ1) is 6.67. The van der Waals surface area contributed by atoms with Crippen LogP contribution in [0.25, 0.3) is 0 Å². The summed E-state index contributed by atoms with van der Waals surface area (Å²) in [5.41, 5.74) is 0.184. The van der Waals surface area contributed by atoms with Crippen molar-refractivity contribution in [1.82, 2.24) is 10.3 Å². The number of carbonyl (C=O) groups excluding carboxylic acids is 2. The van der Waals surface area contributed by atoms with Crippen molar-refractivity contribution in [2.75, 3.05) is 19.5 Å². The summed E-state index contributed by atoms with van der Waals surface area (Å²) in [4.78, 5) is 25.7. The van der Waals surface area contributed by atoms with E-state index in [1.807, 2.05) is 0 Å². The number of urea groups is 1. The molecule has 1 aromatic rings. The fourth-order valence-corrected chi connectivity index (χ4v) is 1.36. The Kier molecular flexibility index (Phi) is 3.41. The molecule has 0 aromatic carbocycles. The third-order valence-corrected chi connectivity index (χ3v) is 2.10. The average molecular weight is 215 g/mol. The third-order valence-electron chi connectivity index (χ3n) is 1.35. The van der Waals surface area contributed by atoms with Crippen LogP contribution in [0.2, 0.25) is 0 Å². The molecule has 76 valence electrons. The second-order valence-electron chi connectivity index (χ2n) is 2.23. The van der Waals surface area contributed by atoms with E-state index in [1.165, 1.54) is 19.5 Å². The van der Waals surface area contributed by atoms with Crippen molar-refractivity contribution in [3.05, 3.63) is 11.1 Å². The second-order valence-corrected chi connectivity index (χ2v) is 3.09. The van der Waals surface area contributed by atoms with Gasteiger partial charge in [0, 0.05) is 12.4 Å². The number of rotatable bonds is 2. The number of nitrogens with zero attached hydrogens (tertiary/aromatic N) is 1. The van der Waals surface area contributed by atoms with E-state index in [2.05, 4.69) is 20.4 Å². The molecular weight excluding hydrogens is 206 g/mol. The Morgan fingerprint density at radius 1 is 1.57 bits per heavy atom. The molecule has 0 aliphatic carbocycles. The van der Waals surface area contributed by atoms with Gasteiger partial charge in [0.25, 0.3) is 0 Å². The summed E-state index contributed by atoms with van der Waals surface area (Å²) in [7, 11) is 2.76. The fraction of sp³-hybridized carbons (Fsp3) is 0.286. The van der Waals surface area contributed by atoms with Crippen molar-refractivity contribution in [3.8, 4) is 0 Å². The second kappa shape index (κ2) is 4.56. The van der Waals surface area contributed by atoms with Gasteiger partial charge in [-0.3, -0.25) is 5.32 Å². The van der Waals surface area contributed by atoms with Crippen LogP contribution in [0.4, 0.5) is 9.93 Å². The summed E-state index contributed by atoms with van der Waals surface area (Å²) in [6.07, 6.45) is 0. The molecule has 1 aromatic heterocycles. The Morgan fingerprint density at radius 2 is 2.29 bits per heavy atom. The van der Waals surface area contributed by atoms with Crippen LogP contribution in [0.1, 0.15) is 10.5 Å². The van der Waals surface area contributed by atoms with Gasteiger partial charge in [0.15, 0.2) is 10.8 Å². The Bertz CT molecular complexity index is 350. The smallest absolute Gasteiger partial charge is 0.357 e. The van der Waals surface area contributed by atoms with Crippen molar-refractivity contribution >= 4 is 28.5 Å². The van der Waals surface area contributed by atoms with Gasteiger partial charge < -0.3 is 10.1 Å². The minimum Gasteiger partial charge on any atom is -0.464 e. The molecule has 2 N–H and O–H groups in total. The van der Waals surface area contributed by atoms with E-state index >= 15 is 0 Å². The number of carbonyl (C=O) groups is 2. The topological polar surface area (TPSA) is 80.3 Å². The zero-order chi connectivity index (χ0) is 10.6. The normalized spacial score (nSPS) is 9.29. The molecule has 1 rings (SSSR count). The van der Waals surface area contributed by atoms with Gasteiger partial charge >= 0.3 is 12.0 Å². The number of hydrogen-bond acceptors (Lipinski definition) is 5. The lowest BCUT2D eigenvalue weighted by atomic mass is 10.5. The maximum atomic E-state index is 11.0. The number of nitrogens with one attached hydrogen (secondary N) is 2. The van der Waals surface area contributed by atoms with E-state index in [-0.39, 0.29) is 11.7 Å². The van der Waals surface area contributed by atoms with Gasteiger partial charge in [-0.2, -0.15) is 0 Å². The fourth-order valence-electron chi connectivity index (χ4n) is 0.689. The highest BCUT2D eigenvalue weighted by molar-refractivity contribution is 7.14. The van der Waals surface area contributed by atoms with Gasteiger partial charge in [0.05, 0.1) is 7.11 Å². The van der Waals surface area contributed by atoms with E-state index in [9.17, 15) is 9.59 Å². The molecule has 0 radical (unpaired) electrons. The van der Waals surface area contributed by atoms with Gasteiger partial charge in [-0.25, -0.2) is 14.6 Å². The van der Waals surface area contributed by atoms with Gasteiger partial charge in [0.1, 0.15) is 0 Å². The molecule has 0 atom stereocenters. The Morgan fingerprint density at radius 3 is 2.86 bits per heavy atom. The number of esters is 1. The summed E-state index contributed by atoms with van der Waals surface area (Å²) in [5.74, 6) is -0.522. The van der Waals surface area contributed by atoms with Gasteiger partial charge in [-0.05, 0) is 0 Å². The molecule has 6 nitrogen and oxygen atoms in total. The number of amides is 2. The Hall–Kier alpha value is -1.63. The van der Waals surface area contributed by atoms with Gasteiger partial charge in [-0.1, -0.05) is 0 Å². The molecule has 0 fully saturated rings. The molecule has 0 saturated heterocycles. The zero-order valence-electron chi connectivity index (χ0n) is 7.66. The maximum absolute atomic E-state index is 11.0. The minimum atomic E-state index is -0.522. The number of aromatic nitrogens is 1. The summed E-state index contributed by atoms with van der Waals surface area (Å²) < 4.78 is 4.46. The third kappa shape index (κ3) is 2.43. The molecule has 2 amide bonds. The van der Waals surface area contributed by atoms with E-state index in [0.29, 0.717) is 5.13 Å². The minimum absolute atomic E-state index is 0.184. The summed E-state index contributed by atoms with van der Waals surface area (Å²) in [6, 6.07) is -0.379. The SMILES string of the molecule is CNC(=O)Nc1nc(C(=O)OC)cs1. The molecule has 14 heavy (non-hydrogen) atoms. The van der Waals surface area contributed by atoms with Gasteiger partial charge in [-0.15, -0.1) is 11.3 Å². The molecule has 7 heteroatoms. The first kappa shape index (κ1) is 10.5. The molecule has 0 spiro atoms. The number of anilines is 1. The first-order valence-electron chi connectivity index (χ1n) is 3.70. The summed E-state index contributed by atoms with van der Waals surface area (Å²) >= 11 is 1.15. The highest BCUT2D eigenvalue weighted by atomic mass is 32.1. The number of ether oxygens (including phenoxy) is 1. The van der Waals surface area contributed by atoms with E-state index in [4.69, 9.17) is 0 Å². The van der Waals surface area contributed by atoms with E-state index in [0.717, 1.165) is 11.3 Å². The highest BCUT2D eigenvalue weighted by Gasteiger charge is 2.11. The van der Waals surface area contributed by atoms with E-state index < -0.39 is 5.97 Å². The van der Waals surface area contributed by atoms with Crippen LogP contribution in [0.15, 0.2) is 5.38 Å². The standard InChI is InChI=1S/C7H9N3O3S/c1-8-6(12)10-7-9-4(3-14-7)5(11)13-2/h3H,1-2H3,(H2,8,9,10,12). The molecule has 0 aliphatic heterocycles. The predicted molar refractivity (Wildman–Crippen MR) is 51.5 cm³/mol. The Labute approximate surface area is 84.3 Å². The monoisotopic (exact) mass is 215 g/mol. The van der Waals surface area contributed by atoms with Crippen molar-refractivity contribution in [1.29, 1.82) is 0 Å². The number of hydrogen-bond donors (Lipinski definition) is 2. The largest absolute Gasteiger partial charge is 0.464 e. The van der Waals surface area contributed by atoms with Crippen molar-refractivity contribution in [2.24, 2.45) is 0 Å². The predicted octanol–water partition coefficient (Wildman–Crippen LogP) is 0.681. The van der Waals surface area contributed by atoms with Crippen LogP contribution in [0.3, 0.4) is 0 Å². The summed E-state index contributed by atoms with van der Waals surface area (Å²) in [5, 5.41) is 6.67. The van der Waals surface area contributed by atoms with Crippen LogP contribution in [-0.2, 0) is 4.74 Å². The molecule has 0 bridgehead atoms. The van der Waals surface area contributed by atoms with Crippen LogP contribution in [0.5, 0.6) is 0 Å². The van der Waals surface area contributed by atoms with Crippen LogP contribution in [0, 0.1) is 0 Å². The van der Waals surface area contributed by atoms with Crippen molar-refractivity contribution in [2.45, 2.75) is 0 Å². The quantitative estimate of drug-likeness (QED) is 0.711. The van der Waals surface area contributed by atoms with Crippen LogP contribution < -0.4 is 10.6 Å². The molecule has 0 aliphatic rings. The lowest BCUT2D eigenvalue weighted by molar-refractivity contribution is 0.0595. The Balaban J connectivity index is 2.68. The van der Waals surface area contributed by atoms with Crippen molar-refractivity contribution in [3.63, 3.8) is 0 Å².